The number of aromatic nitrogens is 2. The van der Waals surface area contributed by atoms with Crippen molar-refractivity contribution in [1.29, 1.82) is 0 Å². The third-order valence-corrected chi connectivity index (χ3v) is 4.14. The quantitative estimate of drug-likeness (QED) is 0.678. The topological polar surface area (TPSA) is 81.0 Å². The summed E-state index contributed by atoms with van der Waals surface area (Å²) in [5, 5.41) is 16.7. The van der Waals surface area contributed by atoms with Crippen molar-refractivity contribution >= 4 is 38.8 Å². The van der Waals surface area contributed by atoms with E-state index in [0.29, 0.717) is 10.3 Å². The molecule has 0 saturated carbocycles. The molecule has 0 radical (unpaired) electrons. The number of hydrogen-bond acceptors (Lipinski definition) is 6. The Morgan fingerprint density at radius 1 is 1.47 bits per heavy atom. The number of pyridine rings is 1. The Labute approximate surface area is 122 Å². The van der Waals surface area contributed by atoms with Gasteiger partial charge in [-0.15, -0.1) is 11.3 Å². The molecule has 0 fully saturated rings. The molecule has 100 valence electrons. The van der Waals surface area contributed by atoms with Crippen molar-refractivity contribution in [3.8, 4) is 0 Å². The molecule has 1 N–H and O–H groups in total. The van der Waals surface area contributed by atoms with Gasteiger partial charge in [-0.1, -0.05) is 0 Å². The number of hydrogen-bond donors (Lipinski definition) is 1. The summed E-state index contributed by atoms with van der Waals surface area (Å²) in [5.41, 5.74) is -0.454. The zero-order valence-electron chi connectivity index (χ0n) is 10.3. The van der Waals surface area contributed by atoms with E-state index < -0.39 is 10.5 Å². The van der Waals surface area contributed by atoms with Crippen LogP contribution < -0.4 is 5.32 Å². The predicted octanol–water partition coefficient (Wildman–Crippen LogP) is 3.56. The summed E-state index contributed by atoms with van der Waals surface area (Å²) in [6.45, 7) is 3.95. The monoisotopic (exact) mass is 342 g/mol. The lowest BCUT2D eigenvalue weighted by Gasteiger charge is -2.24. The molecule has 0 spiro atoms. The normalized spacial score (nSPS) is 11.3. The molecule has 0 bridgehead atoms. The molecule has 0 aromatic carbocycles. The minimum atomic E-state index is -0.479. The van der Waals surface area contributed by atoms with Gasteiger partial charge in [0.2, 0.25) is 0 Å². The van der Waals surface area contributed by atoms with Gasteiger partial charge in [0.1, 0.15) is 17.0 Å². The number of nitro groups is 1. The molecule has 0 aliphatic rings. The molecule has 0 atom stereocenters. The van der Waals surface area contributed by atoms with Gasteiger partial charge in [-0.3, -0.25) is 10.1 Å². The smallest absolute Gasteiger partial charge is 0.288 e. The zero-order chi connectivity index (χ0) is 14.0. The van der Waals surface area contributed by atoms with Gasteiger partial charge in [-0.05, 0) is 29.8 Å². The minimum absolute atomic E-state index is 0.0514. The zero-order valence-corrected chi connectivity index (χ0v) is 12.7. The van der Waals surface area contributed by atoms with Gasteiger partial charge in [-0.2, -0.15) is 0 Å². The van der Waals surface area contributed by atoms with Crippen LogP contribution in [0, 0.1) is 10.1 Å². The Hall–Kier alpha value is -1.54. The third kappa shape index (κ3) is 3.07. The average molecular weight is 343 g/mol. The Bertz CT molecular complexity index is 601. The first-order valence-electron chi connectivity index (χ1n) is 5.38. The summed E-state index contributed by atoms with van der Waals surface area (Å²) >= 11 is 4.82. The van der Waals surface area contributed by atoms with Crippen LogP contribution in [-0.4, -0.2) is 14.9 Å². The largest absolute Gasteiger partial charge is 0.358 e. The summed E-state index contributed by atoms with van der Waals surface area (Å²) in [4.78, 5) is 18.5. The van der Waals surface area contributed by atoms with Crippen LogP contribution >= 0.6 is 27.3 Å². The lowest BCUT2D eigenvalue weighted by Crippen LogP contribution is -2.28. The highest BCUT2D eigenvalue weighted by Gasteiger charge is 2.25. The van der Waals surface area contributed by atoms with Crippen LogP contribution in [0.4, 0.5) is 11.5 Å². The van der Waals surface area contributed by atoms with E-state index in [4.69, 9.17) is 0 Å². The van der Waals surface area contributed by atoms with Gasteiger partial charge >= 0.3 is 0 Å². The number of nitrogens with one attached hydrogen (secondary N) is 1. The fourth-order valence-corrected chi connectivity index (χ4v) is 2.66. The average Bonchev–Trinajstić information content (AvgIpc) is 2.85. The summed E-state index contributed by atoms with van der Waals surface area (Å²) in [6.07, 6.45) is 2.97. The summed E-state index contributed by atoms with van der Waals surface area (Å²) < 4.78 is 0.548. The van der Waals surface area contributed by atoms with Crippen molar-refractivity contribution in [2.24, 2.45) is 0 Å². The highest BCUT2D eigenvalue weighted by atomic mass is 79.9. The van der Waals surface area contributed by atoms with Crippen molar-refractivity contribution in [3.63, 3.8) is 0 Å². The van der Waals surface area contributed by atoms with Crippen LogP contribution in [0.5, 0.6) is 0 Å². The fourth-order valence-electron chi connectivity index (χ4n) is 1.50. The Morgan fingerprint density at radius 2 is 2.21 bits per heavy atom. The molecule has 0 saturated heterocycles. The van der Waals surface area contributed by atoms with Crippen molar-refractivity contribution in [1.82, 2.24) is 9.97 Å². The number of anilines is 1. The van der Waals surface area contributed by atoms with Crippen LogP contribution in [0.2, 0.25) is 0 Å². The maximum atomic E-state index is 10.7. The second-order valence-electron chi connectivity index (χ2n) is 4.37. The van der Waals surface area contributed by atoms with E-state index in [1.165, 1.54) is 23.6 Å². The summed E-state index contributed by atoms with van der Waals surface area (Å²) in [6, 6.07) is 1.42. The molecule has 2 aromatic rings. The van der Waals surface area contributed by atoms with E-state index in [1.54, 1.807) is 6.20 Å². The Morgan fingerprint density at radius 3 is 2.74 bits per heavy atom. The molecular formula is C11H11BrN4O2S. The van der Waals surface area contributed by atoms with Gasteiger partial charge in [0.25, 0.3) is 5.69 Å². The first-order chi connectivity index (χ1) is 8.90. The molecule has 8 heteroatoms. The molecule has 0 aliphatic heterocycles. The molecule has 2 rings (SSSR count). The third-order valence-electron chi connectivity index (χ3n) is 2.44. The second kappa shape index (κ2) is 5.22. The summed E-state index contributed by atoms with van der Waals surface area (Å²) in [7, 11) is 0. The maximum Gasteiger partial charge on any atom is 0.288 e. The molecule has 2 heterocycles. The molecule has 2 aromatic heterocycles. The van der Waals surface area contributed by atoms with Gasteiger partial charge in [-0.25, -0.2) is 9.97 Å². The SMILES string of the molecule is CC(C)(Nc1ncc([N+](=O)[O-])cc1Br)c1nccs1. The molecule has 6 nitrogen and oxygen atoms in total. The minimum Gasteiger partial charge on any atom is -0.358 e. The predicted molar refractivity (Wildman–Crippen MR) is 77.4 cm³/mol. The van der Waals surface area contributed by atoms with Gasteiger partial charge in [0.05, 0.1) is 14.9 Å². The summed E-state index contributed by atoms with van der Waals surface area (Å²) in [5.74, 6) is 0.547. The first kappa shape index (κ1) is 13.9. The van der Waals surface area contributed by atoms with E-state index in [2.05, 4.69) is 31.2 Å². The van der Waals surface area contributed by atoms with Crippen LogP contribution in [0.1, 0.15) is 18.9 Å². The molecular weight excluding hydrogens is 332 g/mol. The van der Waals surface area contributed by atoms with Crippen molar-refractivity contribution < 1.29 is 4.92 Å². The van der Waals surface area contributed by atoms with E-state index >= 15 is 0 Å². The van der Waals surface area contributed by atoms with E-state index in [9.17, 15) is 10.1 Å². The molecule has 0 unspecified atom stereocenters. The van der Waals surface area contributed by atoms with Crippen LogP contribution in [0.25, 0.3) is 0 Å². The highest BCUT2D eigenvalue weighted by Crippen LogP contribution is 2.31. The van der Waals surface area contributed by atoms with E-state index in [-0.39, 0.29) is 5.69 Å². The Kier molecular flexibility index (Phi) is 3.81. The van der Waals surface area contributed by atoms with Gasteiger partial charge in [0, 0.05) is 17.6 Å². The standard InChI is InChI=1S/C11H11BrN4O2S/c1-11(2,10-13-3-4-19-10)15-9-8(12)5-7(6-14-9)16(17)18/h3-6H,1-2H3,(H,14,15). The molecule has 0 amide bonds. The lowest BCUT2D eigenvalue weighted by molar-refractivity contribution is -0.385. The highest BCUT2D eigenvalue weighted by molar-refractivity contribution is 9.10. The fraction of sp³-hybridized carbons (Fsp3) is 0.273. The lowest BCUT2D eigenvalue weighted by atomic mass is 10.1. The van der Waals surface area contributed by atoms with Crippen LogP contribution in [-0.2, 0) is 5.54 Å². The number of thiazole rings is 1. The number of halogens is 1. The van der Waals surface area contributed by atoms with Crippen LogP contribution in [0.15, 0.2) is 28.3 Å². The second-order valence-corrected chi connectivity index (χ2v) is 6.12. The number of nitrogens with zero attached hydrogens (tertiary/aromatic N) is 3. The first-order valence-corrected chi connectivity index (χ1v) is 7.05. The van der Waals surface area contributed by atoms with Gasteiger partial charge in [0.15, 0.2) is 0 Å². The van der Waals surface area contributed by atoms with E-state index in [0.717, 1.165) is 5.01 Å². The maximum absolute atomic E-state index is 10.7. The van der Waals surface area contributed by atoms with Crippen molar-refractivity contribution in [2.45, 2.75) is 19.4 Å². The number of rotatable bonds is 4. The van der Waals surface area contributed by atoms with Crippen LogP contribution in [0.3, 0.4) is 0 Å². The van der Waals surface area contributed by atoms with Gasteiger partial charge < -0.3 is 5.32 Å². The Balaban J connectivity index is 2.27. The van der Waals surface area contributed by atoms with E-state index in [1.807, 2.05) is 19.2 Å². The van der Waals surface area contributed by atoms with Crippen molar-refractivity contribution in [3.05, 3.63) is 43.4 Å². The van der Waals surface area contributed by atoms with Crippen molar-refractivity contribution in [2.75, 3.05) is 5.32 Å². The molecule has 0 aliphatic carbocycles. The molecule has 19 heavy (non-hydrogen) atoms.